The van der Waals surface area contributed by atoms with Crippen LogP contribution < -0.4 is 0 Å². The fourth-order valence-electron chi connectivity index (χ4n) is 1.47. The van der Waals surface area contributed by atoms with Crippen molar-refractivity contribution in [2.45, 2.75) is 18.2 Å². The number of halogens is 1. The van der Waals surface area contributed by atoms with Gasteiger partial charge in [0.05, 0.1) is 16.2 Å². The van der Waals surface area contributed by atoms with Crippen LogP contribution in [0.25, 0.3) is 0 Å². The van der Waals surface area contributed by atoms with Gasteiger partial charge in [0.25, 0.3) is 0 Å². The molecule has 0 spiro atoms. The van der Waals surface area contributed by atoms with E-state index < -0.39 is 27.2 Å². The highest BCUT2D eigenvalue weighted by molar-refractivity contribution is 7.91. The van der Waals surface area contributed by atoms with Crippen LogP contribution in [0, 0.1) is 5.82 Å². The highest BCUT2D eigenvalue weighted by atomic mass is 32.2. The molecule has 1 rings (SSSR count). The molecule has 0 saturated heterocycles. The first-order valence-corrected chi connectivity index (χ1v) is 7.37. The summed E-state index contributed by atoms with van der Waals surface area (Å²) in [7, 11) is -3.62. The van der Waals surface area contributed by atoms with Gasteiger partial charge in [-0.3, -0.25) is 0 Å². The molecule has 0 aliphatic heterocycles. The van der Waals surface area contributed by atoms with E-state index in [1.807, 2.05) is 0 Å². The summed E-state index contributed by atoms with van der Waals surface area (Å²) in [4.78, 5) is 10.6. The molecule has 7 heteroatoms. The lowest BCUT2D eigenvalue weighted by Gasteiger charge is -2.06. The zero-order valence-electron chi connectivity index (χ0n) is 10.4. The van der Waals surface area contributed by atoms with E-state index in [0.29, 0.717) is 19.6 Å². The number of benzene rings is 1. The number of carboxylic acids is 1. The Labute approximate surface area is 110 Å². The lowest BCUT2D eigenvalue weighted by atomic mass is 10.2. The Morgan fingerprint density at radius 3 is 2.68 bits per heavy atom. The first-order chi connectivity index (χ1) is 8.88. The van der Waals surface area contributed by atoms with Crippen LogP contribution >= 0.6 is 0 Å². The molecule has 0 fully saturated rings. The fourth-order valence-corrected chi connectivity index (χ4v) is 2.78. The van der Waals surface area contributed by atoms with E-state index >= 15 is 0 Å². The van der Waals surface area contributed by atoms with E-state index in [4.69, 9.17) is 9.84 Å². The smallest absolute Gasteiger partial charge is 0.338 e. The Morgan fingerprint density at radius 1 is 1.42 bits per heavy atom. The Kier molecular flexibility index (Phi) is 5.44. The van der Waals surface area contributed by atoms with Gasteiger partial charge >= 0.3 is 5.97 Å². The first-order valence-electron chi connectivity index (χ1n) is 5.72. The second-order valence-corrected chi connectivity index (χ2v) is 5.93. The van der Waals surface area contributed by atoms with E-state index in [-0.39, 0.29) is 10.6 Å². The Balaban J connectivity index is 2.89. The van der Waals surface area contributed by atoms with Crippen LogP contribution in [0.15, 0.2) is 23.1 Å². The molecule has 0 radical (unpaired) electrons. The molecule has 0 aromatic heterocycles. The zero-order chi connectivity index (χ0) is 14.5. The number of hydrogen-bond acceptors (Lipinski definition) is 4. The minimum atomic E-state index is -3.62. The number of sulfone groups is 1. The molecule has 0 aliphatic carbocycles. The Hall–Kier alpha value is -1.47. The average molecular weight is 290 g/mol. The van der Waals surface area contributed by atoms with Gasteiger partial charge in [-0.2, -0.15) is 0 Å². The molecule has 0 amide bonds. The minimum Gasteiger partial charge on any atom is -0.478 e. The molecule has 1 aromatic carbocycles. The van der Waals surface area contributed by atoms with Crippen LogP contribution in [0.2, 0.25) is 0 Å². The molecule has 0 heterocycles. The van der Waals surface area contributed by atoms with Crippen LogP contribution in [0.4, 0.5) is 4.39 Å². The summed E-state index contributed by atoms with van der Waals surface area (Å²) in [6.07, 6.45) is 0.302. The highest BCUT2D eigenvalue weighted by Crippen LogP contribution is 2.17. The van der Waals surface area contributed by atoms with Crippen LogP contribution in [0.5, 0.6) is 0 Å². The normalized spacial score (nSPS) is 11.5. The van der Waals surface area contributed by atoms with Gasteiger partial charge in [0.1, 0.15) is 5.82 Å². The maximum absolute atomic E-state index is 13.2. The van der Waals surface area contributed by atoms with Crippen molar-refractivity contribution < 1.29 is 27.4 Å². The van der Waals surface area contributed by atoms with Gasteiger partial charge in [0.15, 0.2) is 9.84 Å². The number of carboxylic acid groups (broad SMARTS) is 1. The number of aromatic carboxylic acids is 1. The van der Waals surface area contributed by atoms with Crippen molar-refractivity contribution in [3.8, 4) is 0 Å². The third-order valence-corrected chi connectivity index (χ3v) is 4.23. The predicted molar refractivity (Wildman–Crippen MR) is 66.5 cm³/mol. The van der Waals surface area contributed by atoms with Crippen LogP contribution in [0.3, 0.4) is 0 Å². The lowest BCUT2D eigenvalue weighted by molar-refractivity contribution is 0.0691. The maximum atomic E-state index is 13.2. The molecule has 19 heavy (non-hydrogen) atoms. The van der Waals surface area contributed by atoms with Crippen molar-refractivity contribution in [1.82, 2.24) is 0 Å². The average Bonchev–Trinajstić information content (AvgIpc) is 2.34. The largest absolute Gasteiger partial charge is 0.478 e. The van der Waals surface area contributed by atoms with Crippen molar-refractivity contribution in [1.29, 1.82) is 0 Å². The third-order valence-electron chi connectivity index (χ3n) is 2.43. The summed E-state index contributed by atoms with van der Waals surface area (Å²) in [5.74, 6) is -2.62. The molecule has 0 atom stereocenters. The van der Waals surface area contributed by atoms with Crippen molar-refractivity contribution in [2.24, 2.45) is 0 Å². The summed E-state index contributed by atoms with van der Waals surface area (Å²) in [6, 6.07) is 2.75. The van der Waals surface area contributed by atoms with E-state index in [1.54, 1.807) is 6.92 Å². The van der Waals surface area contributed by atoms with Crippen LogP contribution in [0.1, 0.15) is 23.7 Å². The van der Waals surface area contributed by atoms with E-state index in [0.717, 1.165) is 18.2 Å². The van der Waals surface area contributed by atoms with Crippen molar-refractivity contribution in [2.75, 3.05) is 19.0 Å². The van der Waals surface area contributed by atoms with Gasteiger partial charge in [-0.05, 0) is 31.5 Å². The van der Waals surface area contributed by atoms with Crippen LogP contribution in [-0.4, -0.2) is 38.5 Å². The standard InChI is InChI=1S/C12H15FO5S/c1-2-18-6-3-7-19(16,17)9-4-5-11(13)10(8-9)12(14)15/h4-5,8H,2-3,6-7H2,1H3,(H,14,15). The summed E-state index contributed by atoms with van der Waals surface area (Å²) in [5.41, 5.74) is -0.647. The summed E-state index contributed by atoms with van der Waals surface area (Å²) < 4.78 is 42.0. The fraction of sp³-hybridized carbons (Fsp3) is 0.417. The quantitative estimate of drug-likeness (QED) is 0.611. The molecule has 5 nitrogen and oxygen atoms in total. The van der Waals surface area contributed by atoms with E-state index in [2.05, 4.69) is 0 Å². The third kappa shape index (κ3) is 4.29. The molecule has 1 N–H and O–H groups in total. The Bertz CT molecular complexity index is 553. The molecular weight excluding hydrogens is 275 g/mol. The van der Waals surface area contributed by atoms with Gasteiger partial charge in [0, 0.05) is 13.2 Å². The molecular formula is C12H15FO5S. The maximum Gasteiger partial charge on any atom is 0.338 e. The molecule has 0 saturated carbocycles. The van der Waals surface area contributed by atoms with Gasteiger partial charge in [-0.25, -0.2) is 17.6 Å². The van der Waals surface area contributed by atoms with Gasteiger partial charge in [-0.15, -0.1) is 0 Å². The van der Waals surface area contributed by atoms with Gasteiger partial charge in [-0.1, -0.05) is 0 Å². The van der Waals surface area contributed by atoms with Crippen molar-refractivity contribution in [3.05, 3.63) is 29.6 Å². The molecule has 0 aliphatic rings. The van der Waals surface area contributed by atoms with Crippen molar-refractivity contribution in [3.63, 3.8) is 0 Å². The topological polar surface area (TPSA) is 80.7 Å². The summed E-state index contributed by atoms with van der Waals surface area (Å²) >= 11 is 0. The summed E-state index contributed by atoms with van der Waals surface area (Å²) in [6.45, 7) is 2.61. The number of rotatable bonds is 7. The molecule has 0 unspecified atom stereocenters. The Morgan fingerprint density at radius 2 is 2.11 bits per heavy atom. The monoisotopic (exact) mass is 290 g/mol. The summed E-state index contributed by atoms with van der Waals surface area (Å²) in [5, 5.41) is 8.75. The minimum absolute atomic E-state index is 0.169. The number of hydrogen-bond donors (Lipinski definition) is 1. The molecule has 0 bridgehead atoms. The number of carbonyl (C=O) groups is 1. The van der Waals surface area contributed by atoms with Crippen LogP contribution in [-0.2, 0) is 14.6 Å². The molecule has 1 aromatic rings. The molecule has 106 valence electrons. The predicted octanol–water partition coefficient (Wildman–Crippen LogP) is 1.72. The second-order valence-electron chi connectivity index (χ2n) is 3.82. The number of ether oxygens (including phenoxy) is 1. The van der Waals surface area contributed by atoms with Gasteiger partial charge < -0.3 is 9.84 Å². The van der Waals surface area contributed by atoms with Crippen molar-refractivity contribution >= 4 is 15.8 Å². The van der Waals surface area contributed by atoms with E-state index in [9.17, 15) is 17.6 Å². The SMILES string of the molecule is CCOCCCS(=O)(=O)c1ccc(F)c(C(=O)O)c1. The highest BCUT2D eigenvalue weighted by Gasteiger charge is 2.18. The first kappa shape index (κ1) is 15.6. The van der Waals surface area contributed by atoms with Gasteiger partial charge in [0.2, 0.25) is 0 Å². The zero-order valence-corrected chi connectivity index (χ0v) is 11.2. The van der Waals surface area contributed by atoms with E-state index in [1.165, 1.54) is 0 Å². The lowest BCUT2D eigenvalue weighted by Crippen LogP contribution is -2.11. The second kappa shape index (κ2) is 6.63.